The molecule has 0 unspecified atom stereocenters. The summed E-state index contributed by atoms with van der Waals surface area (Å²) in [5.41, 5.74) is -1.51. The Balaban J connectivity index is 0.000000591. The molecular formula is C21H22BrF4NO4. The van der Waals surface area contributed by atoms with Crippen molar-refractivity contribution in [2.24, 2.45) is 0 Å². The molecule has 1 amide bonds. The highest BCUT2D eigenvalue weighted by Crippen LogP contribution is 2.19. The molecule has 0 aromatic heterocycles. The first-order valence-electron chi connectivity index (χ1n) is 8.92. The molecule has 2 rings (SSSR count). The number of benzene rings is 2. The van der Waals surface area contributed by atoms with Crippen molar-refractivity contribution in [3.8, 4) is 0 Å². The van der Waals surface area contributed by atoms with Crippen LogP contribution in [0.3, 0.4) is 0 Å². The monoisotopic (exact) mass is 507 g/mol. The van der Waals surface area contributed by atoms with Gasteiger partial charge < -0.3 is 4.74 Å². The molecule has 0 saturated heterocycles. The first-order chi connectivity index (χ1) is 14.4. The Bertz CT molecular complexity index is 931. The van der Waals surface area contributed by atoms with E-state index in [9.17, 15) is 31.9 Å². The lowest BCUT2D eigenvalue weighted by Crippen LogP contribution is -2.27. The minimum atomic E-state index is -1.25. The first kappa shape index (κ1) is 28.2. The lowest BCUT2D eigenvalue weighted by molar-refractivity contribution is 0.0635. The summed E-state index contributed by atoms with van der Waals surface area (Å²) in [4.78, 5) is 32.0. The molecule has 0 spiro atoms. The minimum absolute atomic E-state index is 0.0507. The van der Waals surface area contributed by atoms with E-state index in [1.165, 1.54) is 6.07 Å². The Morgan fingerprint density at radius 3 is 1.81 bits per heavy atom. The smallest absolute Gasteiger partial charge is 0.412 e. The molecule has 10 heteroatoms. The fourth-order valence-corrected chi connectivity index (χ4v) is 2.30. The Hall–Kier alpha value is -2.75. The molecule has 0 aliphatic rings. The summed E-state index contributed by atoms with van der Waals surface area (Å²) in [6.07, 6.45) is -0.382. The molecule has 0 radical (unpaired) electrons. The zero-order valence-electron chi connectivity index (χ0n) is 17.5. The molecule has 2 aromatic carbocycles. The molecule has 0 bridgehead atoms. The number of carbonyl (C=O) groups excluding carboxylic acids is 3. The van der Waals surface area contributed by atoms with Gasteiger partial charge in [-0.1, -0.05) is 29.8 Å². The average Bonchev–Trinajstić information content (AvgIpc) is 2.67. The number of ether oxygens (including phenoxy) is 1. The number of halogens is 5. The molecule has 170 valence electrons. The lowest BCUT2D eigenvalue weighted by atomic mass is 10.2. The van der Waals surface area contributed by atoms with Gasteiger partial charge in [0.1, 0.15) is 5.60 Å². The second-order valence-electron chi connectivity index (χ2n) is 6.51. The summed E-state index contributed by atoms with van der Waals surface area (Å²) < 4.78 is 56.4. The van der Waals surface area contributed by atoms with E-state index in [4.69, 9.17) is 4.74 Å². The Morgan fingerprint density at radius 2 is 1.35 bits per heavy atom. The van der Waals surface area contributed by atoms with Crippen molar-refractivity contribution in [1.82, 2.24) is 0 Å². The van der Waals surface area contributed by atoms with E-state index in [1.807, 2.05) is 13.8 Å². The van der Waals surface area contributed by atoms with E-state index in [0.29, 0.717) is 4.47 Å². The van der Waals surface area contributed by atoms with Crippen molar-refractivity contribution in [3.05, 3.63) is 63.1 Å². The van der Waals surface area contributed by atoms with Crippen LogP contribution in [0.1, 0.15) is 55.3 Å². The highest BCUT2D eigenvalue weighted by molar-refractivity contribution is 9.10. The summed E-state index contributed by atoms with van der Waals surface area (Å²) in [7, 11) is 0. The van der Waals surface area contributed by atoms with Crippen LogP contribution >= 0.6 is 15.9 Å². The topological polar surface area (TPSA) is 72.5 Å². The fraction of sp³-hybridized carbons (Fsp3) is 0.286. The maximum atomic E-state index is 13.1. The number of aldehydes is 2. The summed E-state index contributed by atoms with van der Waals surface area (Å²) >= 11 is 2.92. The van der Waals surface area contributed by atoms with Crippen LogP contribution in [-0.2, 0) is 4.74 Å². The van der Waals surface area contributed by atoms with Gasteiger partial charge in [0.05, 0.1) is 11.1 Å². The molecule has 0 heterocycles. The number of anilines is 1. The quantitative estimate of drug-likeness (QED) is 0.285. The molecular weight excluding hydrogens is 486 g/mol. The third kappa shape index (κ3) is 9.73. The Kier molecular flexibility index (Phi) is 11.7. The summed E-state index contributed by atoms with van der Waals surface area (Å²) in [5.74, 6) is -4.60. The van der Waals surface area contributed by atoms with E-state index in [1.54, 1.807) is 20.8 Å². The van der Waals surface area contributed by atoms with Gasteiger partial charge >= 0.3 is 6.09 Å². The molecule has 0 aliphatic heterocycles. The number of rotatable bonds is 3. The van der Waals surface area contributed by atoms with Crippen LogP contribution in [0.2, 0.25) is 0 Å². The van der Waals surface area contributed by atoms with Crippen LogP contribution in [0.25, 0.3) is 0 Å². The Morgan fingerprint density at radius 1 is 0.903 bits per heavy atom. The molecule has 1 N–H and O–H groups in total. The number of hydrogen-bond donors (Lipinski definition) is 1. The number of amides is 1. The largest absolute Gasteiger partial charge is 0.444 e. The van der Waals surface area contributed by atoms with Gasteiger partial charge in [0.2, 0.25) is 0 Å². The van der Waals surface area contributed by atoms with E-state index < -0.39 is 40.5 Å². The van der Waals surface area contributed by atoms with Crippen LogP contribution in [0.5, 0.6) is 0 Å². The summed E-state index contributed by atoms with van der Waals surface area (Å²) in [6.45, 7) is 8.98. The third-order valence-electron chi connectivity index (χ3n) is 2.98. The zero-order chi connectivity index (χ0) is 24.4. The minimum Gasteiger partial charge on any atom is -0.444 e. The molecule has 0 atom stereocenters. The fourth-order valence-electron chi connectivity index (χ4n) is 1.85. The van der Waals surface area contributed by atoms with Crippen LogP contribution < -0.4 is 5.32 Å². The summed E-state index contributed by atoms with van der Waals surface area (Å²) in [5, 5.41) is 2.21. The van der Waals surface area contributed by atoms with Crippen LogP contribution in [0.15, 0.2) is 28.7 Å². The van der Waals surface area contributed by atoms with Gasteiger partial charge in [-0.25, -0.2) is 22.4 Å². The van der Waals surface area contributed by atoms with Gasteiger partial charge in [0, 0.05) is 16.2 Å². The van der Waals surface area contributed by atoms with Crippen molar-refractivity contribution in [2.75, 3.05) is 5.32 Å². The van der Waals surface area contributed by atoms with Crippen molar-refractivity contribution in [3.63, 3.8) is 0 Å². The first-order valence-corrected chi connectivity index (χ1v) is 9.71. The van der Waals surface area contributed by atoms with Crippen molar-refractivity contribution in [2.45, 2.75) is 40.2 Å². The molecule has 5 nitrogen and oxygen atoms in total. The normalized spacial score (nSPS) is 10.0. The molecule has 0 aliphatic carbocycles. The summed E-state index contributed by atoms with van der Waals surface area (Å²) in [6, 6.07) is 3.97. The lowest BCUT2D eigenvalue weighted by Gasteiger charge is -2.19. The van der Waals surface area contributed by atoms with E-state index in [-0.39, 0.29) is 23.8 Å². The van der Waals surface area contributed by atoms with Gasteiger partial charge in [-0.15, -0.1) is 0 Å². The number of nitrogens with one attached hydrogen (secondary N) is 1. The maximum absolute atomic E-state index is 13.1. The predicted octanol–water partition coefficient (Wildman–Crippen LogP) is 6.69. The highest BCUT2D eigenvalue weighted by Gasteiger charge is 2.17. The molecule has 0 saturated carbocycles. The van der Waals surface area contributed by atoms with Crippen LogP contribution in [0.4, 0.5) is 28.0 Å². The number of carbonyl (C=O) groups is 3. The predicted molar refractivity (Wildman–Crippen MR) is 112 cm³/mol. The van der Waals surface area contributed by atoms with Gasteiger partial charge in [-0.05, 0) is 39.0 Å². The molecule has 2 aromatic rings. The Labute approximate surface area is 185 Å². The van der Waals surface area contributed by atoms with E-state index in [2.05, 4.69) is 21.2 Å². The van der Waals surface area contributed by atoms with Crippen molar-refractivity contribution < 1.29 is 36.7 Å². The molecule has 31 heavy (non-hydrogen) atoms. The van der Waals surface area contributed by atoms with Crippen LogP contribution in [0, 0.1) is 23.3 Å². The van der Waals surface area contributed by atoms with E-state index >= 15 is 0 Å². The van der Waals surface area contributed by atoms with Gasteiger partial charge in [0.25, 0.3) is 0 Å². The zero-order valence-corrected chi connectivity index (χ0v) is 19.1. The average molecular weight is 508 g/mol. The third-order valence-corrected chi connectivity index (χ3v) is 3.43. The second kappa shape index (κ2) is 12.8. The van der Waals surface area contributed by atoms with Crippen molar-refractivity contribution >= 4 is 40.3 Å². The number of hydrogen-bond acceptors (Lipinski definition) is 4. The SMILES string of the molecule is CC.CC(C)(C)OC(=O)Nc1cc(F)c(F)c(C=O)c1.O=Cc1cc(Br)cc(F)c1F. The van der Waals surface area contributed by atoms with Crippen LogP contribution in [-0.4, -0.2) is 24.3 Å². The molecule has 0 fully saturated rings. The van der Waals surface area contributed by atoms with Crippen molar-refractivity contribution in [1.29, 1.82) is 0 Å². The highest BCUT2D eigenvalue weighted by atomic mass is 79.9. The van der Waals surface area contributed by atoms with Gasteiger partial charge in [-0.2, -0.15) is 0 Å². The van der Waals surface area contributed by atoms with E-state index in [0.717, 1.165) is 18.2 Å². The maximum Gasteiger partial charge on any atom is 0.412 e. The van der Waals surface area contributed by atoms with Gasteiger partial charge in [-0.3, -0.25) is 14.9 Å². The van der Waals surface area contributed by atoms with Gasteiger partial charge in [0.15, 0.2) is 35.8 Å². The standard InChI is InChI=1S/C12H13F2NO3.C7H3BrF2O.C2H6/c1-12(2,3)18-11(17)15-8-4-7(6-16)10(14)9(13)5-8;8-5-1-4(3-11)7(10)6(9)2-5;1-2/h4-6H,1-3H3,(H,15,17);1-3H;1-2H3. The second-order valence-corrected chi connectivity index (χ2v) is 7.43.